The first kappa shape index (κ1) is 13.1. The Morgan fingerprint density at radius 2 is 2.35 bits per heavy atom. The van der Waals surface area contributed by atoms with Gasteiger partial charge in [0.25, 0.3) is 0 Å². The topological polar surface area (TPSA) is 21.3 Å². The van der Waals surface area contributed by atoms with Crippen LogP contribution in [0.5, 0.6) is 0 Å². The number of aryl methyl sites for hydroxylation is 1. The summed E-state index contributed by atoms with van der Waals surface area (Å²) in [5, 5.41) is 3.64. The van der Waals surface area contributed by atoms with Gasteiger partial charge in [-0.25, -0.2) is 0 Å². The second kappa shape index (κ2) is 5.98. The smallest absolute Gasteiger partial charge is 0.0588 e. The van der Waals surface area contributed by atoms with Gasteiger partial charge in [0.2, 0.25) is 0 Å². The molecule has 3 atom stereocenters. The predicted octanol–water partition coefficient (Wildman–Crippen LogP) is 3.39. The van der Waals surface area contributed by atoms with Gasteiger partial charge in [0.05, 0.1) is 6.10 Å². The van der Waals surface area contributed by atoms with Crippen molar-refractivity contribution in [2.24, 2.45) is 5.92 Å². The Balaban J connectivity index is 1.82. The Morgan fingerprint density at radius 1 is 1.53 bits per heavy atom. The van der Waals surface area contributed by atoms with Gasteiger partial charge >= 0.3 is 0 Å². The minimum Gasteiger partial charge on any atom is -0.378 e. The summed E-state index contributed by atoms with van der Waals surface area (Å²) >= 11 is 1.93. The summed E-state index contributed by atoms with van der Waals surface area (Å²) in [4.78, 5) is 2.93. The van der Waals surface area contributed by atoms with E-state index in [2.05, 4.69) is 38.2 Å². The number of hydrogen-bond acceptors (Lipinski definition) is 3. The van der Waals surface area contributed by atoms with E-state index in [0.717, 1.165) is 19.6 Å². The Bertz CT molecular complexity index is 350. The third-order valence-electron chi connectivity index (χ3n) is 3.68. The monoisotopic (exact) mass is 253 g/mol. The maximum absolute atomic E-state index is 5.59. The molecular formula is C14H23NOS. The van der Waals surface area contributed by atoms with Gasteiger partial charge in [-0.15, -0.1) is 11.3 Å². The molecule has 0 bridgehead atoms. The van der Waals surface area contributed by atoms with E-state index >= 15 is 0 Å². The number of ether oxygens (including phenoxy) is 1. The Labute approximate surface area is 108 Å². The van der Waals surface area contributed by atoms with Crippen LogP contribution in [0.25, 0.3) is 0 Å². The Kier molecular flexibility index (Phi) is 4.60. The molecule has 0 spiro atoms. The highest BCUT2D eigenvalue weighted by atomic mass is 32.1. The minimum absolute atomic E-state index is 0.421. The standard InChI is InChI=1S/C14H23NOS/c1-4-13-5-6-14(17-13)10(2)15-9-12-7-8-16-11(12)3/h5-6,10-12,15H,4,7-9H2,1-3H3. The Hall–Kier alpha value is -0.380. The van der Waals surface area contributed by atoms with Gasteiger partial charge in [-0.3, -0.25) is 0 Å². The molecule has 2 heterocycles. The summed E-state index contributed by atoms with van der Waals surface area (Å²) in [6.07, 6.45) is 2.76. The summed E-state index contributed by atoms with van der Waals surface area (Å²) in [5.74, 6) is 0.683. The van der Waals surface area contributed by atoms with E-state index in [4.69, 9.17) is 4.74 Å². The zero-order valence-electron chi connectivity index (χ0n) is 11.0. The highest BCUT2D eigenvalue weighted by molar-refractivity contribution is 7.12. The first-order chi connectivity index (χ1) is 8.20. The van der Waals surface area contributed by atoms with Crippen LogP contribution < -0.4 is 5.32 Å². The molecule has 3 unspecified atom stereocenters. The molecule has 3 heteroatoms. The molecule has 1 aliphatic heterocycles. The van der Waals surface area contributed by atoms with Gasteiger partial charge in [-0.2, -0.15) is 0 Å². The summed E-state index contributed by atoms with van der Waals surface area (Å²) in [6, 6.07) is 4.97. The molecule has 17 heavy (non-hydrogen) atoms. The van der Waals surface area contributed by atoms with Crippen molar-refractivity contribution in [1.29, 1.82) is 0 Å². The first-order valence-electron chi connectivity index (χ1n) is 6.64. The van der Waals surface area contributed by atoms with Gasteiger partial charge < -0.3 is 10.1 Å². The molecule has 0 amide bonds. The molecule has 2 rings (SSSR count). The van der Waals surface area contributed by atoms with Gasteiger partial charge in [0.15, 0.2) is 0 Å². The van der Waals surface area contributed by atoms with Crippen LogP contribution in [0.4, 0.5) is 0 Å². The fraction of sp³-hybridized carbons (Fsp3) is 0.714. The lowest BCUT2D eigenvalue weighted by Gasteiger charge is -2.18. The van der Waals surface area contributed by atoms with Crippen molar-refractivity contribution in [2.75, 3.05) is 13.2 Å². The third-order valence-corrected chi connectivity index (χ3v) is 5.09. The largest absolute Gasteiger partial charge is 0.378 e. The second-order valence-electron chi connectivity index (χ2n) is 4.91. The molecule has 0 radical (unpaired) electrons. The summed E-state index contributed by atoms with van der Waals surface area (Å²) in [5.41, 5.74) is 0. The molecule has 0 aliphatic carbocycles. The second-order valence-corrected chi connectivity index (χ2v) is 6.11. The van der Waals surface area contributed by atoms with Gasteiger partial charge in [0.1, 0.15) is 0 Å². The average Bonchev–Trinajstić information content (AvgIpc) is 2.94. The van der Waals surface area contributed by atoms with Crippen molar-refractivity contribution in [3.63, 3.8) is 0 Å². The maximum Gasteiger partial charge on any atom is 0.0588 e. The summed E-state index contributed by atoms with van der Waals surface area (Å²) in [6.45, 7) is 8.66. The fourth-order valence-corrected chi connectivity index (χ4v) is 3.27. The van der Waals surface area contributed by atoms with E-state index < -0.39 is 0 Å². The van der Waals surface area contributed by atoms with Crippen molar-refractivity contribution in [2.45, 2.75) is 45.8 Å². The number of rotatable bonds is 5. The number of thiophene rings is 1. The zero-order valence-corrected chi connectivity index (χ0v) is 11.8. The molecule has 1 aromatic rings. The van der Waals surface area contributed by atoms with Crippen LogP contribution in [0, 0.1) is 5.92 Å². The highest BCUT2D eigenvalue weighted by Crippen LogP contribution is 2.25. The van der Waals surface area contributed by atoms with E-state index in [0.29, 0.717) is 18.1 Å². The van der Waals surface area contributed by atoms with Crippen LogP contribution in [0.15, 0.2) is 12.1 Å². The quantitative estimate of drug-likeness (QED) is 0.868. The minimum atomic E-state index is 0.421. The molecule has 1 saturated heterocycles. The van der Waals surface area contributed by atoms with E-state index in [9.17, 15) is 0 Å². The van der Waals surface area contributed by atoms with Crippen molar-refractivity contribution >= 4 is 11.3 Å². The maximum atomic E-state index is 5.59. The lowest BCUT2D eigenvalue weighted by molar-refractivity contribution is 0.105. The summed E-state index contributed by atoms with van der Waals surface area (Å²) < 4.78 is 5.59. The van der Waals surface area contributed by atoms with E-state index in [1.165, 1.54) is 16.2 Å². The number of nitrogens with one attached hydrogen (secondary N) is 1. The van der Waals surface area contributed by atoms with Crippen molar-refractivity contribution < 1.29 is 4.74 Å². The number of hydrogen-bond donors (Lipinski definition) is 1. The zero-order chi connectivity index (χ0) is 12.3. The SMILES string of the molecule is CCc1ccc(C(C)NCC2CCOC2C)s1. The molecule has 2 nitrogen and oxygen atoms in total. The molecule has 1 aromatic heterocycles. The van der Waals surface area contributed by atoms with Crippen LogP contribution in [0.3, 0.4) is 0 Å². The Morgan fingerprint density at radius 3 is 2.94 bits per heavy atom. The van der Waals surface area contributed by atoms with Crippen LogP contribution >= 0.6 is 11.3 Å². The van der Waals surface area contributed by atoms with Crippen molar-refractivity contribution in [3.05, 3.63) is 21.9 Å². The van der Waals surface area contributed by atoms with Crippen molar-refractivity contribution in [3.8, 4) is 0 Å². The molecular weight excluding hydrogens is 230 g/mol. The average molecular weight is 253 g/mol. The van der Waals surface area contributed by atoms with E-state index in [1.54, 1.807) is 0 Å². The van der Waals surface area contributed by atoms with Gasteiger partial charge in [-0.05, 0) is 44.7 Å². The van der Waals surface area contributed by atoms with Gasteiger partial charge in [0, 0.05) is 28.9 Å². The van der Waals surface area contributed by atoms with Crippen LogP contribution in [-0.4, -0.2) is 19.3 Å². The van der Waals surface area contributed by atoms with E-state index in [1.807, 2.05) is 11.3 Å². The van der Waals surface area contributed by atoms with E-state index in [-0.39, 0.29) is 0 Å². The molecule has 0 saturated carbocycles. The molecule has 96 valence electrons. The molecule has 1 aliphatic rings. The first-order valence-corrected chi connectivity index (χ1v) is 7.46. The van der Waals surface area contributed by atoms with Crippen molar-refractivity contribution in [1.82, 2.24) is 5.32 Å². The van der Waals surface area contributed by atoms with Crippen LogP contribution in [0.2, 0.25) is 0 Å². The lowest BCUT2D eigenvalue weighted by Crippen LogP contribution is -2.28. The predicted molar refractivity (Wildman–Crippen MR) is 73.6 cm³/mol. The lowest BCUT2D eigenvalue weighted by atomic mass is 10.0. The summed E-state index contributed by atoms with van der Waals surface area (Å²) in [7, 11) is 0. The normalized spacial score (nSPS) is 26.3. The van der Waals surface area contributed by atoms with Crippen LogP contribution in [-0.2, 0) is 11.2 Å². The highest BCUT2D eigenvalue weighted by Gasteiger charge is 2.24. The third kappa shape index (κ3) is 3.30. The molecule has 0 aromatic carbocycles. The van der Waals surface area contributed by atoms with Gasteiger partial charge in [-0.1, -0.05) is 6.92 Å². The van der Waals surface area contributed by atoms with Crippen LogP contribution in [0.1, 0.15) is 43.0 Å². The fourth-order valence-electron chi connectivity index (χ4n) is 2.29. The molecule has 1 fully saturated rings. The molecule has 1 N–H and O–H groups in total.